The second kappa shape index (κ2) is 9.26. The second-order valence-electron chi connectivity index (χ2n) is 7.39. The summed E-state index contributed by atoms with van der Waals surface area (Å²) >= 11 is 0. The van der Waals surface area contributed by atoms with Crippen LogP contribution in [0.25, 0.3) is 11.3 Å². The highest BCUT2D eigenvalue weighted by Crippen LogP contribution is 2.38. The molecule has 0 aliphatic rings. The van der Waals surface area contributed by atoms with Gasteiger partial charge in [-0.1, -0.05) is 33.3 Å². The number of rotatable bonds is 9. The third-order valence-electron chi connectivity index (χ3n) is 4.37. The summed E-state index contributed by atoms with van der Waals surface area (Å²) in [6.45, 7) is 8.11. The van der Waals surface area contributed by atoms with Crippen molar-refractivity contribution in [3.05, 3.63) is 35.5 Å². The summed E-state index contributed by atoms with van der Waals surface area (Å²) in [5.41, 5.74) is 1.49. The van der Waals surface area contributed by atoms with Crippen LogP contribution in [0.15, 0.2) is 24.4 Å². The predicted molar refractivity (Wildman–Crippen MR) is 104 cm³/mol. The number of nitrogens with zero attached hydrogens (tertiary/aromatic N) is 2. The fraction of sp³-hybridized carbons (Fsp3) is 0.550. The number of benzene rings is 1. The molecule has 0 aliphatic carbocycles. The van der Waals surface area contributed by atoms with Gasteiger partial charge in [-0.2, -0.15) is 18.3 Å². The van der Waals surface area contributed by atoms with Crippen LogP contribution in [0.2, 0.25) is 0 Å². The lowest BCUT2D eigenvalue weighted by Crippen LogP contribution is -2.19. The first-order valence-corrected chi connectivity index (χ1v) is 9.38. The van der Waals surface area contributed by atoms with Crippen LogP contribution in [-0.4, -0.2) is 35.2 Å². The van der Waals surface area contributed by atoms with Crippen molar-refractivity contribution in [3.63, 3.8) is 0 Å². The highest BCUT2D eigenvalue weighted by atomic mass is 19.4. The lowest BCUT2D eigenvalue weighted by molar-refractivity contribution is -0.136. The van der Waals surface area contributed by atoms with Crippen LogP contribution in [0.4, 0.5) is 18.9 Å². The third kappa shape index (κ3) is 5.99. The Bertz CT molecular complexity index is 722. The Kier molecular flexibility index (Phi) is 7.30. The molecular formula is C20H29F3N4. The first-order chi connectivity index (χ1) is 12.7. The molecule has 0 bridgehead atoms. The van der Waals surface area contributed by atoms with Gasteiger partial charge < -0.3 is 10.2 Å². The third-order valence-corrected chi connectivity index (χ3v) is 4.37. The van der Waals surface area contributed by atoms with E-state index < -0.39 is 11.7 Å². The average Bonchev–Trinajstić information content (AvgIpc) is 3.05. The standard InChI is InChI=1S/C20H29F3N4/c1-5-6-9-27(4)13-16-12-25-26-19(16)15-7-8-18(24-11-14(2)3)17(10-15)20(21,22)23/h7-8,10,12,14,24H,5-6,9,11,13H2,1-4H3,(H,25,26). The molecule has 2 N–H and O–H groups in total. The fourth-order valence-corrected chi connectivity index (χ4v) is 2.88. The summed E-state index contributed by atoms with van der Waals surface area (Å²) in [6.07, 6.45) is -0.552. The van der Waals surface area contributed by atoms with Gasteiger partial charge in [0, 0.05) is 29.9 Å². The molecular weight excluding hydrogens is 353 g/mol. The maximum Gasteiger partial charge on any atom is 0.418 e. The highest BCUT2D eigenvalue weighted by Gasteiger charge is 2.34. The summed E-state index contributed by atoms with van der Waals surface area (Å²) in [5, 5.41) is 9.83. The number of alkyl halides is 3. The molecule has 27 heavy (non-hydrogen) atoms. The molecule has 2 aromatic rings. The van der Waals surface area contributed by atoms with E-state index in [0.717, 1.165) is 24.9 Å². The van der Waals surface area contributed by atoms with Crippen molar-refractivity contribution in [1.82, 2.24) is 15.1 Å². The van der Waals surface area contributed by atoms with Crippen molar-refractivity contribution in [2.45, 2.75) is 46.3 Å². The van der Waals surface area contributed by atoms with Gasteiger partial charge in [-0.25, -0.2) is 0 Å². The van der Waals surface area contributed by atoms with Gasteiger partial charge in [-0.3, -0.25) is 5.10 Å². The molecule has 0 saturated heterocycles. The Hall–Kier alpha value is -2.02. The zero-order chi connectivity index (χ0) is 20.0. The Labute approximate surface area is 159 Å². The normalized spacial score (nSPS) is 12.2. The second-order valence-corrected chi connectivity index (χ2v) is 7.39. The summed E-state index contributed by atoms with van der Waals surface area (Å²) < 4.78 is 40.7. The minimum absolute atomic E-state index is 0.112. The number of anilines is 1. The summed E-state index contributed by atoms with van der Waals surface area (Å²) in [4.78, 5) is 2.15. The first-order valence-electron chi connectivity index (χ1n) is 9.38. The largest absolute Gasteiger partial charge is 0.418 e. The molecule has 0 amide bonds. The Morgan fingerprint density at radius 1 is 1.26 bits per heavy atom. The van der Waals surface area contributed by atoms with Gasteiger partial charge in [0.25, 0.3) is 0 Å². The van der Waals surface area contributed by atoms with Gasteiger partial charge in [-0.05, 0) is 38.1 Å². The van der Waals surface area contributed by atoms with Gasteiger partial charge in [0.2, 0.25) is 0 Å². The molecule has 150 valence electrons. The molecule has 4 nitrogen and oxygen atoms in total. The minimum Gasteiger partial charge on any atom is -0.384 e. The van der Waals surface area contributed by atoms with E-state index in [1.165, 1.54) is 12.1 Å². The number of aromatic amines is 1. The molecule has 7 heteroatoms. The number of H-pyrrole nitrogens is 1. The molecule has 0 radical (unpaired) electrons. The van der Waals surface area contributed by atoms with Crippen LogP contribution in [0, 0.1) is 5.92 Å². The lowest BCUT2D eigenvalue weighted by atomic mass is 10.0. The number of unbranched alkanes of at least 4 members (excludes halogenated alkanes) is 1. The maximum atomic E-state index is 13.6. The Morgan fingerprint density at radius 3 is 2.63 bits per heavy atom. The van der Waals surface area contributed by atoms with E-state index in [1.54, 1.807) is 12.3 Å². The summed E-state index contributed by atoms with van der Waals surface area (Å²) in [6, 6.07) is 4.42. The van der Waals surface area contributed by atoms with Crippen LogP contribution >= 0.6 is 0 Å². The molecule has 0 aliphatic heterocycles. The zero-order valence-electron chi connectivity index (χ0n) is 16.5. The van der Waals surface area contributed by atoms with Crippen LogP contribution in [0.5, 0.6) is 0 Å². The minimum atomic E-state index is -4.42. The van der Waals surface area contributed by atoms with Crippen molar-refractivity contribution in [2.24, 2.45) is 5.92 Å². The van der Waals surface area contributed by atoms with Gasteiger partial charge in [0.05, 0.1) is 17.5 Å². The summed E-state index contributed by atoms with van der Waals surface area (Å²) in [5.74, 6) is 0.253. The monoisotopic (exact) mass is 382 g/mol. The molecule has 0 unspecified atom stereocenters. The number of hydrogen-bond acceptors (Lipinski definition) is 3. The smallest absolute Gasteiger partial charge is 0.384 e. The van der Waals surface area contributed by atoms with Crippen molar-refractivity contribution in [3.8, 4) is 11.3 Å². The summed E-state index contributed by atoms with van der Waals surface area (Å²) in [7, 11) is 2.01. The van der Waals surface area contributed by atoms with Gasteiger partial charge in [-0.15, -0.1) is 0 Å². The van der Waals surface area contributed by atoms with Crippen molar-refractivity contribution in [1.29, 1.82) is 0 Å². The number of aromatic nitrogens is 2. The van der Waals surface area contributed by atoms with Crippen molar-refractivity contribution in [2.75, 3.05) is 25.5 Å². The molecule has 0 spiro atoms. The highest BCUT2D eigenvalue weighted by molar-refractivity contribution is 5.68. The van der Waals surface area contributed by atoms with Crippen molar-refractivity contribution < 1.29 is 13.2 Å². The van der Waals surface area contributed by atoms with E-state index in [4.69, 9.17) is 0 Å². The maximum absolute atomic E-state index is 13.6. The molecule has 0 fully saturated rings. The number of halogens is 3. The van der Waals surface area contributed by atoms with Gasteiger partial charge in [0.1, 0.15) is 0 Å². The zero-order valence-corrected chi connectivity index (χ0v) is 16.5. The van der Waals surface area contributed by atoms with E-state index in [1.807, 2.05) is 20.9 Å². The first kappa shape index (κ1) is 21.3. The van der Waals surface area contributed by atoms with E-state index >= 15 is 0 Å². The van der Waals surface area contributed by atoms with Gasteiger partial charge >= 0.3 is 6.18 Å². The number of hydrogen-bond donors (Lipinski definition) is 2. The Morgan fingerprint density at radius 2 is 2.00 bits per heavy atom. The van der Waals surface area contributed by atoms with E-state index in [-0.39, 0.29) is 11.6 Å². The lowest BCUT2D eigenvalue weighted by Gasteiger charge is -2.18. The van der Waals surface area contributed by atoms with E-state index in [0.29, 0.717) is 24.3 Å². The molecule has 0 saturated carbocycles. The SMILES string of the molecule is CCCCN(C)Cc1cn[nH]c1-c1ccc(NCC(C)C)c(C(F)(F)F)c1. The molecule has 1 aromatic carbocycles. The predicted octanol–water partition coefficient (Wildman–Crippen LogP) is 5.40. The molecule has 1 aromatic heterocycles. The van der Waals surface area contributed by atoms with Crippen LogP contribution in [0.1, 0.15) is 44.7 Å². The molecule has 1 heterocycles. The van der Waals surface area contributed by atoms with Crippen molar-refractivity contribution >= 4 is 5.69 Å². The number of nitrogens with one attached hydrogen (secondary N) is 2. The quantitative estimate of drug-likeness (QED) is 0.611. The van der Waals surface area contributed by atoms with E-state index in [2.05, 4.69) is 27.3 Å². The topological polar surface area (TPSA) is 44.0 Å². The Balaban J connectivity index is 2.30. The van der Waals surface area contributed by atoms with E-state index in [9.17, 15) is 13.2 Å². The van der Waals surface area contributed by atoms with Crippen LogP contribution < -0.4 is 5.32 Å². The average molecular weight is 382 g/mol. The molecule has 2 rings (SSSR count). The van der Waals surface area contributed by atoms with Gasteiger partial charge in [0.15, 0.2) is 0 Å². The fourth-order valence-electron chi connectivity index (χ4n) is 2.88. The van der Waals surface area contributed by atoms with Crippen LogP contribution in [-0.2, 0) is 12.7 Å². The van der Waals surface area contributed by atoms with Crippen LogP contribution in [0.3, 0.4) is 0 Å². The molecule has 0 atom stereocenters.